The topological polar surface area (TPSA) is 58.2 Å². The molecule has 0 aliphatic heterocycles. The maximum absolute atomic E-state index is 11.8. The molecule has 0 saturated heterocycles. The summed E-state index contributed by atoms with van der Waals surface area (Å²) in [5.74, 6) is -0.0141. The lowest BCUT2D eigenvalue weighted by Crippen LogP contribution is -2.31. The molecular weight excluding hydrogens is 288 g/mol. The molecular formula is C19H22N2O2. The van der Waals surface area contributed by atoms with Crippen LogP contribution in [0.25, 0.3) is 0 Å². The first kappa shape index (κ1) is 16.7. The molecule has 120 valence electrons. The van der Waals surface area contributed by atoms with Gasteiger partial charge in [-0.25, -0.2) is 0 Å². The van der Waals surface area contributed by atoms with Gasteiger partial charge < -0.3 is 10.6 Å². The van der Waals surface area contributed by atoms with Crippen molar-refractivity contribution in [2.75, 3.05) is 18.4 Å². The average Bonchev–Trinajstić information content (AvgIpc) is 2.55. The van der Waals surface area contributed by atoms with Gasteiger partial charge in [0.25, 0.3) is 0 Å². The van der Waals surface area contributed by atoms with Crippen molar-refractivity contribution in [3.8, 4) is 0 Å². The Kier molecular flexibility index (Phi) is 5.92. The summed E-state index contributed by atoms with van der Waals surface area (Å²) >= 11 is 0. The smallest absolute Gasteiger partial charge is 0.239 e. The molecule has 0 fully saturated rings. The van der Waals surface area contributed by atoms with Crippen LogP contribution in [0.2, 0.25) is 0 Å². The van der Waals surface area contributed by atoms with Crippen LogP contribution in [-0.2, 0) is 11.2 Å². The molecule has 0 atom stereocenters. The minimum Gasteiger partial charge on any atom is -0.376 e. The number of rotatable bonds is 7. The van der Waals surface area contributed by atoms with Gasteiger partial charge in [0, 0.05) is 17.8 Å². The molecule has 0 spiro atoms. The Hall–Kier alpha value is -2.62. The monoisotopic (exact) mass is 310 g/mol. The Bertz CT molecular complexity index is 678. The van der Waals surface area contributed by atoms with Gasteiger partial charge in [-0.15, -0.1) is 0 Å². The fourth-order valence-corrected chi connectivity index (χ4v) is 2.29. The molecule has 23 heavy (non-hydrogen) atoms. The zero-order valence-corrected chi connectivity index (χ0v) is 13.6. The summed E-state index contributed by atoms with van der Waals surface area (Å²) in [6, 6.07) is 15.3. The number of nitrogens with one attached hydrogen (secondary N) is 2. The second kappa shape index (κ2) is 8.13. The van der Waals surface area contributed by atoms with Crippen LogP contribution in [0.5, 0.6) is 0 Å². The maximum atomic E-state index is 11.8. The first-order valence-electron chi connectivity index (χ1n) is 7.72. The van der Waals surface area contributed by atoms with Gasteiger partial charge in [0.05, 0.1) is 6.54 Å². The number of ketones is 1. The number of hydrogen-bond acceptors (Lipinski definition) is 3. The van der Waals surface area contributed by atoms with Crippen LogP contribution < -0.4 is 10.6 Å². The molecule has 0 unspecified atom stereocenters. The van der Waals surface area contributed by atoms with Crippen LogP contribution in [-0.4, -0.2) is 24.8 Å². The van der Waals surface area contributed by atoms with Gasteiger partial charge in [0.2, 0.25) is 5.91 Å². The molecule has 0 aromatic heterocycles. The third-order valence-electron chi connectivity index (χ3n) is 3.72. The molecule has 0 aliphatic rings. The van der Waals surface area contributed by atoms with E-state index in [1.807, 2.05) is 12.1 Å². The quantitative estimate of drug-likeness (QED) is 0.773. The number of carbonyl (C=O) groups excluding carboxylic acids is 2. The summed E-state index contributed by atoms with van der Waals surface area (Å²) < 4.78 is 0. The van der Waals surface area contributed by atoms with Gasteiger partial charge >= 0.3 is 0 Å². The van der Waals surface area contributed by atoms with Crippen molar-refractivity contribution in [2.24, 2.45) is 0 Å². The fraction of sp³-hybridized carbons (Fsp3) is 0.263. The van der Waals surface area contributed by atoms with E-state index in [9.17, 15) is 9.59 Å². The highest BCUT2D eigenvalue weighted by Crippen LogP contribution is 2.09. The highest BCUT2D eigenvalue weighted by molar-refractivity contribution is 5.94. The molecule has 0 radical (unpaired) electrons. The number of aryl methyl sites for hydroxylation is 1. The maximum Gasteiger partial charge on any atom is 0.239 e. The van der Waals surface area contributed by atoms with Crippen molar-refractivity contribution in [3.05, 3.63) is 65.2 Å². The predicted octanol–water partition coefficient (Wildman–Crippen LogP) is 2.97. The van der Waals surface area contributed by atoms with Gasteiger partial charge in [-0.2, -0.15) is 0 Å². The fourth-order valence-electron chi connectivity index (χ4n) is 2.29. The lowest BCUT2D eigenvalue weighted by atomic mass is 10.1. The SMILES string of the molecule is CC(=O)c1ccc(NCC(=O)NCCc2ccccc2C)cc1. The second-order valence-electron chi connectivity index (χ2n) is 5.51. The van der Waals surface area contributed by atoms with E-state index in [2.05, 4.69) is 29.7 Å². The lowest BCUT2D eigenvalue weighted by Gasteiger charge is -2.09. The molecule has 2 rings (SSSR count). The van der Waals surface area contributed by atoms with E-state index in [-0.39, 0.29) is 18.2 Å². The van der Waals surface area contributed by atoms with E-state index in [0.29, 0.717) is 12.1 Å². The molecule has 0 heterocycles. The number of hydrogen-bond donors (Lipinski definition) is 2. The third-order valence-corrected chi connectivity index (χ3v) is 3.72. The zero-order chi connectivity index (χ0) is 16.7. The summed E-state index contributed by atoms with van der Waals surface area (Å²) in [4.78, 5) is 23.0. The van der Waals surface area contributed by atoms with E-state index in [1.165, 1.54) is 18.1 Å². The van der Waals surface area contributed by atoms with Crippen molar-refractivity contribution in [1.29, 1.82) is 0 Å². The normalized spacial score (nSPS) is 10.2. The molecule has 0 bridgehead atoms. The third kappa shape index (κ3) is 5.25. The standard InChI is InChI=1S/C19H22N2O2/c1-14-5-3-4-6-16(14)11-12-20-19(23)13-21-18-9-7-17(8-10-18)15(2)22/h3-10,21H,11-13H2,1-2H3,(H,20,23). The predicted molar refractivity (Wildman–Crippen MR) is 92.8 cm³/mol. The summed E-state index contributed by atoms with van der Waals surface area (Å²) in [6.07, 6.45) is 0.825. The van der Waals surface area contributed by atoms with Crippen LogP contribution in [0.15, 0.2) is 48.5 Å². The molecule has 1 amide bonds. The number of Topliss-reactive ketones (excluding diaryl/α,β-unsaturated/α-hetero) is 1. The van der Waals surface area contributed by atoms with Gasteiger partial charge in [-0.3, -0.25) is 9.59 Å². The second-order valence-corrected chi connectivity index (χ2v) is 5.51. The Morgan fingerprint density at radius 1 is 1.00 bits per heavy atom. The van der Waals surface area contributed by atoms with Gasteiger partial charge in [-0.05, 0) is 55.7 Å². The van der Waals surface area contributed by atoms with Gasteiger partial charge in [0.1, 0.15) is 0 Å². The first-order chi connectivity index (χ1) is 11.1. The Morgan fingerprint density at radius 3 is 2.35 bits per heavy atom. The summed E-state index contributed by atoms with van der Waals surface area (Å²) in [6.45, 7) is 4.44. The van der Waals surface area contributed by atoms with Crippen LogP contribution in [0.1, 0.15) is 28.4 Å². The molecule has 4 heteroatoms. The van der Waals surface area contributed by atoms with Gasteiger partial charge in [0.15, 0.2) is 5.78 Å². The van der Waals surface area contributed by atoms with E-state index < -0.39 is 0 Å². The number of benzene rings is 2. The highest BCUT2D eigenvalue weighted by Gasteiger charge is 2.03. The zero-order valence-electron chi connectivity index (χ0n) is 13.6. The lowest BCUT2D eigenvalue weighted by molar-refractivity contribution is -0.119. The Labute approximate surface area is 136 Å². The van der Waals surface area contributed by atoms with Crippen LogP contribution >= 0.6 is 0 Å². The van der Waals surface area contributed by atoms with E-state index in [1.54, 1.807) is 24.3 Å². The number of amides is 1. The van der Waals surface area contributed by atoms with Crippen LogP contribution in [0.3, 0.4) is 0 Å². The van der Waals surface area contributed by atoms with E-state index in [0.717, 1.165) is 12.1 Å². The van der Waals surface area contributed by atoms with Crippen molar-refractivity contribution >= 4 is 17.4 Å². The van der Waals surface area contributed by atoms with E-state index >= 15 is 0 Å². The number of anilines is 1. The van der Waals surface area contributed by atoms with Crippen LogP contribution in [0.4, 0.5) is 5.69 Å². The summed E-state index contributed by atoms with van der Waals surface area (Å²) in [5.41, 5.74) is 3.98. The Morgan fingerprint density at radius 2 is 1.70 bits per heavy atom. The highest BCUT2D eigenvalue weighted by atomic mass is 16.1. The summed E-state index contributed by atoms with van der Waals surface area (Å²) in [5, 5.41) is 5.95. The summed E-state index contributed by atoms with van der Waals surface area (Å²) in [7, 11) is 0. The van der Waals surface area contributed by atoms with Crippen molar-refractivity contribution in [3.63, 3.8) is 0 Å². The first-order valence-corrected chi connectivity index (χ1v) is 7.72. The van der Waals surface area contributed by atoms with Gasteiger partial charge in [-0.1, -0.05) is 24.3 Å². The molecule has 2 aromatic carbocycles. The molecule has 0 saturated carbocycles. The van der Waals surface area contributed by atoms with Crippen molar-refractivity contribution < 1.29 is 9.59 Å². The van der Waals surface area contributed by atoms with Crippen LogP contribution in [0, 0.1) is 6.92 Å². The molecule has 2 N–H and O–H groups in total. The largest absolute Gasteiger partial charge is 0.376 e. The average molecular weight is 310 g/mol. The van der Waals surface area contributed by atoms with E-state index in [4.69, 9.17) is 0 Å². The molecule has 0 aliphatic carbocycles. The minimum absolute atomic E-state index is 0.0329. The number of carbonyl (C=O) groups is 2. The Balaban J connectivity index is 1.73. The minimum atomic E-state index is -0.0470. The van der Waals surface area contributed by atoms with Crippen molar-refractivity contribution in [2.45, 2.75) is 20.3 Å². The molecule has 2 aromatic rings. The molecule has 4 nitrogen and oxygen atoms in total. The van der Waals surface area contributed by atoms with Crippen molar-refractivity contribution in [1.82, 2.24) is 5.32 Å².